The molecule has 1 N–H and O–H groups in total. The molecule has 2 aromatic rings. The fourth-order valence-corrected chi connectivity index (χ4v) is 4.16. The van der Waals surface area contributed by atoms with Gasteiger partial charge >= 0.3 is 6.18 Å². The van der Waals surface area contributed by atoms with E-state index in [-0.39, 0.29) is 18.2 Å². The Kier molecular flexibility index (Phi) is 6.87. The Hall–Kier alpha value is -2.89. The van der Waals surface area contributed by atoms with E-state index in [0.29, 0.717) is 37.0 Å². The number of carbonyl (C=O) groups is 1. The Balaban J connectivity index is 1.73. The van der Waals surface area contributed by atoms with Crippen LogP contribution in [0.4, 0.5) is 27.6 Å². The number of halogens is 5. The summed E-state index contributed by atoms with van der Waals surface area (Å²) in [6.45, 7) is 1.85. The van der Waals surface area contributed by atoms with Gasteiger partial charge in [-0.25, -0.2) is 21.9 Å². The number of aryl methyl sites for hydroxylation is 1. The van der Waals surface area contributed by atoms with E-state index in [2.05, 4.69) is 0 Å². The predicted octanol–water partition coefficient (Wildman–Crippen LogP) is 4.03. The maximum absolute atomic E-state index is 14.4. The normalized spacial score (nSPS) is 16.7. The van der Waals surface area contributed by atoms with E-state index in [1.54, 1.807) is 4.72 Å². The molecular weight excluding hydrogens is 471 g/mol. The van der Waals surface area contributed by atoms with Gasteiger partial charge in [-0.3, -0.25) is 4.79 Å². The molecule has 12 heteroatoms. The van der Waals surface area contributed by atoms with Crippen LogP contribution in [0.2, 0.25) is 0 Å². The summed E-state index contributed by atoms with van der Waals surface area (Å²) in [6.07, 6.45) is -2.40. The zero-order chi connectivity index (χ0) is 24.6. The average molecular weight is 492 g/mol. The van der Waals surface area contributed by atoms with Gasteiger partial charge in [-0.1, -0.05) is 0 Å². The van der Waals surface area contributed by atoms with Crippen LogP contribution in [0.25, 0.3) is 0 Å². The molecule has 0 aliphatic carbocycles. The van der Waals surface area contributed by atoms with E-state index >= 15 is 0 Å². The van der Waals surface area contributed by atoms with Gasteiger partial charge in [0.2, 0.25) is 10.0 Å². The quantitative estimate of drug-likeness (QED) is 0.617. The summed E-state index contributed by atoms with van der Waals surface area (Å²) in [5.74, 6) is -4.03. The minimum absolute atomic E-state index is 0.0719. The van der Waals surface area contributed by atoms with Crippen molar-refractivity contribution in [3.05, 3.63) is 58.7 Å². The lowest BCUT2D eigenvalue weighted by Gasteiger charge is -2.28. The number of rotatable bonds is 6. The average Bonchev–Trinajstić information content (AvgIpc) is 3.14. The van der Waals surface area contributed by atoms with Gasteiger partial charge in [-0.05, 0) is 49.6 Å². The van der Waals surface area contributed by atoms with Crippen molar-refractivity contribution in [2.45, 2.75) is 32.0 Å². The van der Waals surface area contributed by atoms with Gasteiger partial charge in [0, 0.05) is 18.3 Å². The maximum Gasteiger partial charge on any atom is 0.416 e. The molecule has 1 aliphatic rings. The van der Waals surface area contributed by atoms with Gasteiger partial charge in [0.15, 0.2) is 11.6 Å². The van der Waals surface area contributed by atoms with Crippen LogP contribution in [0, 0.1) is 18.6 Å². The second-order valence-electron chi connectivity index (χ2n) is 7.76. The molecule has 2 aromatic carbocycles. The van der Waals surface area contributed by atoms with Crippen LogP contribution in [0.1, 0.15) is 34.3 Å². The molecular formula is C21H21F5N2O4S. The Labute approximate surface area is 187 Å². The van der Waals surface area contributed by atoms with E-state index < -0.39 is 50.6 Å². The van der Waals surface area contributed by atoms with Crippen LogP contribution >= 0.6 is 0 Å². The van der Waals surface area contributed by atoms with Crippen molar-refractivity contribution in [3.8, 4) is 5.75 Å². The number of hydrogen-bond acceptors (Lipinski definition) is 5. The third-order valence-corrected chi connectivity index (χ3v) is 5.76. The third-order valence-electron chi connectivity index (χ3n) is 5.20. The number of benzene rings is 2. The molecule has 0 radical (unpaired) electrons. The van der Waals surface area contributed by atoms with Crippen molar-refractivity contribution < 1.29 is 39.9 Å². The molecule has 1 atom stereocenters. The number of nitrogens with one attached hydrogen (secondary N) is 1. The number of ether oxygens (including phenoxy) is 1. The first kappa shape index (κ1) is 24.7. The summed E-state index contributed by atoms with van der Waals surface area (Å²) >= 11 is 0. The largest absolute Gasteiger partial charge is 0.488 e. The molecule has 33 heavy (non-hydrogen) atoms. The molecule has 6 nitrogen and oxygen atoms in total. The fraction of sp³-hybridized carbons (Fsp3) is 0.381. The Morgan fingerprint density at radius 1 is 1.18 bits per heavy atom. The van der Waals surface area contributed by atoms with E-state index in [1.807, 2.05) is 4.90 Å². The van der Waals surface area contributed by atoms with Crippen molar-refractivity contribution in [1.29, 1.82) is 0 Å². The molecule has 0 bridgehead atoms. The standard InChI is InChI=1S/C21H21F5N2O4S/c1-12-8-13(5-6-16(12)21(24,25)26)28-7-3-4-14(28)11-32-19-10-17(22)15(9-18(19)23)20(29)27-33(2,30)31/h5-6,8-10,14H,3-4,7,11H2,1-2H3,(H,27,29)/t14-/m1/s1. The number of alkyl halides is 3. The molecule has 0 aromatic heterocycles. The number of nitrogens with zero attached hydrogens (tertiary/aromatic N) is 1. The van der Waals surface area contributed by atoms with Gasteiger partial charge in [-0.2, -0.15) is 13.2 Å². The summed E-state index contributed by atoms with van der Waals surface area (Å²) < 4.78 is 96.9. The van der Waals surface area contributed by atoms with E-state index in [9.17, 15) is 35.2 Å². The first-order valence-corrected chi connectivity index (χ1v) is 11.7. The molecule has 0 spiro atoms. The van der Waals surface area contributed by atoms with E-state index in [1.165, 1.54) is 19.1 Å². The van der Waals surface area contributed by atoms with Crippen LogP contribution in [0.15, 0.2) is 30.3 Å². The number of hydrogen-bond donors (Lipinski definition) is 1. The minimum atomic E-state index is -4.46. The zero-order valence-electron chi connectivity index (χ0n) is 17.7. The third kappa shape index (κ3) is 5.92. The van der Waals surface area contributed by atoms with Gasteiger partial charge in [0.05, 0.1) is 23.4 Å². The summed E-state index contributed by atoms with van der Waals surface area (Å²) in [6, 6.07) is 4.69. The molecule has 1 saturated heterocycles. The lowest BCUT2D eigenvalue weighted by Crippen LogP contribution is -2.34. The van der Waals surface area contributed by atoms with E-state index in [4.69, 9.17) is 4.74 Å². The predicted molar refractivity (Wildman–Crippen MR) is 111 cm³/mol. The molecule has 1 amide bonds. The Morgan fingerprint density at radius 3 is 2.48 bits per heavy atom. The van der Waals surface area contributed by atoms with Gasteiger partial charge < -0.3 is 9.64 Å². The van der Waals surface area contributed by atoms with Gasteiger partial charge in [0.1, 0.15) is 12.4 Å². The zero-order valence-corrected chi connectivity index (χ0v) is 18.5. The molecule has 0 unspecified atom stereocenters. The van der Waals surface area contributed by atoms with Crippen LogP contribution < -0.4 is 14.4 Å². The fourth-order valence-electron chi connectivity index (χ4n) is 3.72. The summed E-state index contributed by atoms with van der Waals surface area (Å²) in [5, 5.41) is 0. The smallest absolute Gasteiger partial charge is 0.416 e. The molecule has 3 rings (SSSR count). The van der Waals surface area contributed by atoms with Crippen LogP contribution in [-0.2, 0) is 16.2 Å². The second kappa shape index (κ2) is 9.16. The van der Waals surface area contributed by atoms with Crippen LogP contribution in [0.5, 0.6) is 5.75 Å². The highest BCUT2D eigenvalue weighted by atomic mass is 32.2. The highest BCUT2D eigenvalue weighted by Crippen LogP contribution is 2.35. The minimum Gasteiger partial charge on any atom is -0.488 e. The SMILES string of the molecule is Cc1cc(N2CCC[C@@H]2COc2cc(F)c(C(=O)NS(C)(=O)=O)cc2F)ccc1C(F)(F)F. The van der Waals surface area contributed by atoms with Crippen molar-refractivity contribution >= 4 is 21.6 Å². The van der Waals surface area contributed by atoms with Crippen molar-refractivity contribution in [2.75, 3.05) is 24.3 Å². The highest BCUT2D eigenvalue weighted by Gasteiger charge is 2.33. The van der Waals surface area contributed by atoms with Crippen molar-refractivity contribution in [2.24, 2.45) is 0 Å². The van der Waals surface area contributed by atoms with Gasteiger partial charge in [-0.15, -0.1) is 0 Å². The van der Waals surface area contributed by atoms with Crippen LogP contribution in [-0.4, -0.2) is 39.8 Å². The van der Waals surface area contributed by atoms with Crippen LogP contribution in [0.3, 0.4) is 0 Å². The molecule has 1 fully saturated rings. The maximum atomic E-state index is 14.4. The molecule has 180 valence electrons. The van der Waals surface area contributed by atoms with Crippen molar-refractivity contribution in [3.63, 3.8) is 0 Å². The van der Waals surface area contributed by atoms with E-state index in [0.717, 1.165) is 12.5 Å². The highest BCUT2D eigenvalue weighted by molar-refractivity contribution is 7.89. The summed E-state index contributed by atoms with van der Waals surface area (Å²) in [5.41, 5.74) is -0.891. The molecule has 0 saturated carbocycles. The Morgan fingerprint density at radius 2 is 1.88 bits per heavy atom. The summed E-state index contributed by atoms with van der Waals surface area (Å²) in [7, 11) is -3.97. The topological polar surface area (TPSA) is 75.7 Å². The second-order valence-corrected chi connectivity index (χ2v) is 9.51. The first-order valence-electron chi connectivity index (χ1n) is 9.84. The molecule has 1 heterocycles. The number of amides is 1. The van der Waals surface area contributed by atoms with Gasteiger partial charge in [0.25, 0.3) is 5.91 Å². The van der Waals surface area contributed by atoms with Crippen molar-refractivity contribution in [1.82, 2.24) is 4.72 Å². The monoisotopic (exact) mass is 492 g/mol. The Bertz CT molecular complexity index is 1170. The first-order chi connectivity index (χ1) is 15.3. The summed E-state index contributed by atoms with van der Waals surface area (Å²) in [4.78, 5) is 13.7. The number of sulfonamides is 1. The lowest BCUT2D eigenvalue weighted by atomic mass is 10.1. The molecule has 1 aliphatic heterocycles. The number of carbonyl (C=O) groups excluding carboxylic acids is 1. The lowest BCUT2D eigenvalue weighted by molar-refractivity contribution is -0.138. The number of anilines is 1.